The van der Waals surface area contributed by atoms with E-state index in [0.717, 1.165) is 9.09 Å². The molecule has 0 saturated heterocycles. The third-order valence-electron chi connectivity index (χ3n) is 2.23. The fourth-order valence-electron chi connectivity index (χ4n) is 1.29. The second kappa shape index (κ2) is 7.76. The van der Waals surface area contributed by atoms with Crippen LogP contribution in [0.1, 0.15) is 18.2 Å². The molecule has 3 nitrogen and oxygen atoms in total. The zero-order chi connectivity index (χ0) is 14.3. The normalized spacial score (nSPS) is 12.9. The van der Waals surface area contributed by atoms with E-state index in [1.54, 1.807) is 24.3 Å². The molecule has 1 N–H and O–H groups in total. The van der Waals surface area contributed by atoms with Crippen molar-refractivity contribution in [2.24, 2.45) is 4.99 Å². The van der Waals surface area contributed by atoms with Crippen molar-refractivity contribution in [2.45, 2.75) is 17.6 Å². The number of aliphatic imine (C=N–C) groups is 1. The van der Waals surface area contributed by atoms with Crippen LogP contribution in [0, 0.1) is 0 Å². The van der Waals surface area contributed by atoms with Gasteiger partial charge in [0.2, 0.25) is 0 Å². The zero-order valence-electron chi connectivity index (χ0n) is 10.5. The topological polar surface area (TPSA) is 49.7 Å². The standard InChI is InChI=1S/C14H15NO2S2/c1-10(15-2)9-11(14(16)17)5-3-4-6-12-7-8-13(18)19-12/h4-9,18H,2-3H2,1H3,(H,16,17)/b6-4+,10-9-,11-5+. The van der Waals surface area contributed by atoms with E-state index in [2.05, 4.69) is 24.3 Å². The van der Waals surface area contributed by atoms with Crippen molar-refractivity contribution in [1.82, 2.24) is 0 Å². The molecule has 1 aromatic heterocycles. The molecule has 19 heavy (non-hydrogen) atoms. The van der Waals surface area contributed by atoms with Gasteiger partial charge in [-0.25, -0.2) is 4.79 Å². The molecule has 0 radical (unpaired) electrons. The fourth-order valence-corrected chi connectivity index (χ4v) is 2.36. The Bertz CT molecular complexity index is 554. The van der Waals surface area contributed by atoms with Crippen molar-refractivity contribution in [3.63, 3.8) is 0 Å². The first-order valence-corrected chi connectivity index (χ1v) is 6.83. The number of thiol groups is 1. The number of allylic oxidation sites excluding steroid dienone is 3. The largest absolute Gasteiger partial charge is 0.478 e. The fraction of sp³-hybridized carbons (Fsp3) is 0.143. The molecule has 0 saturated carbocycles. The molecule has 0 aromatic carbocycles. The molecule has 0 aliphatic heterocycles. The molecule has 0 fully saturated rings. The van der Waals surface area contributed by atoms with Crippen LogP contribution in [0.3, 0.4) is 0 Å². The number of carboxylic acids is 1. The number of aliphatic carboxylic acids is 1. The minimum absolute atomic E-state index is 0.218. The van der Waals surface area contributed by atoms with Gasteiger partial charge < -0.3 is 5.11 Å². The van der Waals surface area contributed by atoms with Gasteiger partial charge in [-0.05, 0) is 44.3 Å². The molecule has 0 aliphatic rings. The van der Waals surface area contributed by atoms with Crippen molar-refractivity contribution >= 4 is 42.7 Å². The molecule has 0 atom stereocenters. The number of hydrogen-bond acceptors (Lipinski definition) is 4. The number of carboxylic acid groups (broad SMARTS) is 1. The van der Waals surface area contributed by atoms with Gasteiger partial charge in [-0.2, -0.15) is 0 Å². The van der Waals surface area contributed by atoms with Crippen LogP contribution < -0.4 is 0 Å². The molecule has 5 heteroatoms. The average molecular weight is 293 g/mol. The van der Waals surface area contributed by atoms with Crippen LogP contribution in [0.2, 0.25) is 0 Å². The van der Waals surface area contributed by atoms with Crippen molar-refractivity contribution < 1.29 is 9.90 Å². The van der Waals surface area contributed by atoms with E-state index in [1.807, 2.05) is 24.3 Å². The van der Waals surface area contributed by atoms with Crippen LogP contribution >= 0.6 is 24.0 Å². The lowest BCUT2D eigenvalue weighted by Crippen LogP contribution is -1.98. The van der Waals surface area contributed by atoms with Crippen molar-refractivity contribution in [1.29, 1.82) is 0 Å². The quantitative estimate of drug-likeness (QED) is 0.360. The Labute approximate surface area is 122 Å². The van der Waals surface area contributed by atoms with Gasteiger partial charge in [0.15, 0.2) is 0 Å². The Hall–Kier alpha value is -1.59. The van der Waals surface area contributed by atoms with E-state index in [0.29, 0.717) is 12.1 Å². The maximum Gasteiger partial charge on any atom is 0.335 e. The monoisotopic (exact) mass is 293 g/mol. The third-order valence-corrected chi connectivity index (χ3v) is 3.51. The summed E-state index contributed by atoms with van der Waals surface area (Å²) in [5, 5.41) is 9.03. The smallest absolute Gasteiger partial charge is 0.335 e. The Morgan fingerprint density at radius 1 is 1.58 bits per heavy atom. The van der Waals surface area contributed by atoms with Crippen LogP contribution in [-0.4, -0.2) is 17.8 Å². The molecule has 1 aromatic rings. The molecule has 100 valence electrons. The number of hydrogen-bond donors (Lipinski definition) is 2. The molecule has 1 heterocycles. The highest BCUT2D eigenvalue weighted by Gasteiger charge is 2.02. The Balaban J connectivity index is 2.69. The summed E-state index contributed by atoms with van der Waals surface area (Å²) in [5.41, 5.74) is 0.797. The number of nitrogens with zero attached hydrogens (tertiary/aromatic N) is 1. The maximum atomic E-state index is 11.0. The number of thiophene rings is 1. The molecule has 0 amide bonds. The van der Waals surface area contributed by atoms with Gasteiger partial charge in [0.05, 0.1) is 9.78 Å². The van der Waals surface area contributed by atoms with Crippen LogP contribution in [0.15, 0.2) is 50.8 Å². The summed E-state index contributed by atoms with van der Waals surface area (Å²) in [6, 6.07) is 3.89. The van der Waals surface area contributed by atoms with E-state index in [1.165, 1.54) is 6.08 Å². The zero-order valence-corrected chi connectivity index (χ0v) is 12.2. The predicted octanol–water partition coefficient (Wildman–Crippen LogP) is 4.06. The second-order valence-corrected chi connectivity index (χ2v) is 5.62. The number of carbonyl (C=O) groups is 1. The summed E-state index contributed by atoms with van der Waals surface area (Å²) < 4.78 is 0.956. The Morgan fingerprint density at radius 2 is 2.32 bits per heavy atom. The van der Waals surface area contributed by atoms with Crippen LogP contribution in [0.25, 0.3) is 6.08 Å². The van der Waals surface area contributed by atoms with Crippen LogP contribution in [-0.2, 0) is 4.79 Å². The molecule has 1 rings (SSSR count). The first kappa shape index (κ1) is 15.5. The summed E-state index contributed by atoms with van der Waals surface area (Å²) in [5.74, 6) is -0.967. The highest BCUT2D eigenvalue weighted by atomic mass is 32.2. The van der Waals surface area contributed by atoms with Gasteiger partial charge in [-0.15, -0.1) is 24.0 Å². The summed E-state index contributed by atoms with van der Waals surface area (Å²) in [6.45, 7) is 5.06. The van der Waals surface area contributed by atoms with Crippen molar-refractivity contribution in [3.8, 4) is 0 Å². The Kier molecular flexibility index (Phi) is 6.32. The molecule has 0 bridgehead atoms. The van der Waals surface area contributed by atoms with Gasteiger partial charge in [0.1, 0.15) is 0 Å². The van der Waals surface area contributed by atoms with Crippen LogP contribution in [0.4, 0.5) is 0 Å². The predicted molar refractivity (Wildman–Crippen MR) is 84.2 cm³/mol. The Morgan fingerprint density at radius 3 is 2.84 bits per heavy atom. The van der Waals surface area contributed by atoms with E-state index >= 15 is 0 Å². The van der Waals surface area contributed by atoms with E-state index in [9.17, 15) is 4.79 Å². The SMILES string of the molecule is C=N/C(C)=C\C(=C/C/C=C/c1ccc(S)s1)C(=O)O. The van der Waals surface area contributed by atoms with E-state index in [4.69, 9.17) is 5.11 Å². The summed E-state index contributed by atoms with van der Waals surface area (Å²) in [4.78, 5) is 15.8. The average Bonchev–Trinajstić information content (AvgIpc) is 2.78. The second-order valence-electron chi connectivity index (χ2n) is 3.72. The lowest BCUT2D eigenvalue weighted by Gasteiger charge is -1.95. The van der Waals surface area contributed by atoms with Crippen molar-refractivity contribution in [2.75, 3.05) is 0 Å². The van der Waals surface area contributed by atoms with Crippen LogP contribution in [0.5, 0.6) is 0 Å². The van der Waals surface area contributed by atoms with E-state index in [-0.39, 0.29) is 5.57 Å². The molecule has 0 unspecified atom stereocenters. The third kappa shape index (κ3) is 5.72. The minimum atomic E-state index is -0.967. The molecular weight excluding hydrogens is 278 g/mol. The highest BCUT2D eigenvalue weighted by Crippen LogP contribution is 2.21. The highest BCUT2D eigenvalue weighted by molar-refractivity contribution is 7.82. The van der Waals surface area contributed by atoms with Crippen molar-refractivity contribution in [3.05, 3.63) is 46.5 Å². The first-order valence-electron chi connectivity index (χ1n) is 5.56. The number of rotatable bonds is 6. The first-order chi connectivity index (χ1) is 9.02. The molecule has 0 aliphatic carbocycles. The lowest BCUT2D eigenvalue weighted by molar-refractivity contribution is -0.132. The summed E-state index contributed by atoms with van der Waals surface area (Å²) >= 11 is 5.80. The molecular formula is C14H15NO2S2. The lowest BCUT2D eigenvalue weighted by atomic mass is 10.2. The van der Waals surface area contributed by atoms with Gasteiger partial charge in [0.25, 0.3) is 0 Å². The van der Waals surface area contributed by atoms with Gasteiger partial charge >= 0.3 is 5.97 Å². The summed E-state index contributed by atoms with van der Waals surface area (Å²) in [7, 11) is 0. The minimum Gasteiger partial charge on any atom is -0.478 e. The summed E-state index contributed by atoms with van der Waals surface area (Å²) in [6.07, 6.45) is 7.54. The van der Waals surface area contributed by atoms with Gasteiger partial charge in [0, 0.05) is 10.6 Å². The van der Waals surface area contributed by atoms with Gasteiger partial charge in [-0.3, -0.25) is 4.99 Å². The van der Waals surface area contributed by atoms with Gasteiger partial charge in [-0.1, -0.05) is 12.2 Å². The van der Waals surface area contributed by atoms with E-state index < -0.39 is 5.97 Å². The maximum absolute atomic E-state index is 11.0. The molecule has 0 spiro atoms.